The van der Waals surface area contributed by atoms with E-state index in [0.29, 0.717) is 6.54 Å². The molecule has 0 bridgehead atoms. The minimum absolute atomic E-state index is 0.562. The van der Waals surface area contributed by atoms with Crippen LogP contribution in [-0.4, -0.2) is 23.8 Å². The van der Waals surface area contributed by atoms with Gasteiger partial charge < -0.3 is 15.7 Å². The van der Waals surface area contributed by atoms with Gasteiger partial charge >= 0.3 is 0 Å². The van der Waals surface area contributed by atoms with E-state index in [0.717, 1.165) is 36.3 Å². The van der Waals surface area contributed by atoms with Crippen molar-refractivity contribution in [1.29, 1.82) is 0 Å². The summed E-state index contributed by atoms with van der Waals surface area (Å²) in [6, 6.07) is 6.06. The highest BCUT2D eigenvalue weighted by molar-refractivity contribution is 5.58. The molecule has 88 valence electrons. The molecule has 0 aromatic heterocycles. The van der Waals surface area contributed by atoms with Crippen LogP contribution in [0, 0.1) is 6.92 Å². The van der Waals surface area contributed by atoms with Gasteiger partial charge in [0, 0.05) is 24.5 Å². The first kappa shape index (κ1) is 11.3. The number of rotatable bonds is 1. The summed E-state index contributed by atoms with van der Waals surface area (Å²) in [6.07, 6.45) is 1.92. The molecule has 1 aromatic rings. The zero-order chi connectivity index (χ0) is 11.8. The predicted molar refractivity (Wildman–Crippen MR) is 67.7 cm³/mol. The van der Waals surface area contributed by atoms with Crippen molar-refractivity contribution in [3.8, 4) is 0 Å². The molecule has 3 heteroatoms. The number of anilines is 2. The highest BCUT2D eigenvalue weighted by atomic mass is 16.3. The number of benzene rings is 1. The van der Waals surface area contributed by atoms with E-state index in [-0.39, 0.29) is 0 Å². The first-order valence-corrected chi connectivity index (χ1v) is 5.81. The number of hydrogen-bond acceptors (Lipinski definition) is 3. The molecule has 1 fully saturated rings. The van der Waals surface area contributed by atoms with Gasteiger partial charge in [0.05, 0.1) is 5.60 Å². The average Bonchev–Trinajstić information content (AvgIpc) is 2.20. The van der Waals surface area contributed by atoms with E-state index in [1.165, 1.54) is 0 Å². The fourth-order valence-corrected chi connectivity index (χ4v) is 2.30. The summed E-state index contributed by atoms with van der Waals surface area (Å²) in [5, 5.41) is 10.1. The van der Waals surface area contributed by atoms with Gasteiger partial charge in [-0.15, -0.1) is 0 Å². The Hall–Kier alpha value is -1.22. The van der Waals surface area contributed by atoms with Crippen LogP contribution in [0.25, 0.3) is 0 Å². The minimum Gasteiger partial charge on any atom is -0.399 e. The molecule has 0 amide bonds. The lowest BCUT2D eigenvalue weighted by molar-refractivity contribution is 0.0449. The molecule has 0 radical (unpaired) electrons. The van der Waals surface area contributed by atoms with Crippen LogP contribution >= 0.6 is 0 Å². The minimum atomic E-state index is -0.562. The number of β-amino-alcohol motifs (C(OH)–C–C–N with tert-alkyl or cyclic N) is 1. The van der Waals surface area contributed by atoms with Crippen molar-refractivity contribution in [2.45, 2.75) is 32.3 Å². The van der Waals surface area contributed by atoms with Gasteiger partial charge in [0.25, 0.3) is 0 Å². The van der Waals surface area contributed by atoms with Crippen LogP contribution in [0.2, 0.25) is 0 Å². The highest BCUT2D eigenvalue weighted by Crippen LogP contribution is 2.27. The Morgan fingerprint density at radius 2 is 2.19 bits per heavy atom. The summed E-state index contributed by atoms with van der Waals surface area (Å²) >= 11 is 0. The second kappa shape index (κ2) is 3.98. The lowest BCUT2D eigenvalue weighted by Crippen LogP contribution is -2.46. The SMILES string of the molecule is Cc1cc(N2CCCC(C)(O)C2)ccc1N. The molecule has 1 saturated heterocycles. The van der Waals surface area contributed by atoms with Gasteiger partial charge in [-0.1, -0.05) is 0 Å². The molecule has 1 aliphatic rings. The fraction of sp³-hybridized carbons (Fsp3) is 0.538. The monoisotopic (exact) mass is 220 g/mol. The summed E-state index contributed by atoms with van der Waals surface area (Å²) in [4.78, 5) is 2.23. The van der Waals surface area contributed by atoms with Crippen LogP contribution < -0.4 is 10.6 Å². The van der Waals surface area contributed by atoms with Gasteiger partial charge in [-0.3, -0.25) is 0 Å². The Kier molecular flexibility index (Phi) is 2.80. The van der Waals surface area contributed by atoms with Crippen molar-refractivity contribution in [3.05, 3.63) is 23.8 Å². The van der Waals surface area contributed by atoms with Gasteiger partial charge in [0.1, 0.15) is 0 Å². The molecule has 0 aliphatic carbocycles. The fourth-order valence-electron chi connectivity index (χ4n) is 2.30. The molecule has 1 unspecified atom stereocenters. The van der Waals surface area contributed by atoms with Crippen LogP contribution in [0.3, 0.4) is 0 Å². The second-order valence-corrected chi connectivity index (χ2v) is 5.06. The van der Waals surface area contributed by atoms with Crippen molar-refractivity contribution >= 4 is 11.4 Å². The van der Waals surface area contributed by atoms with Crippen molar-refractivity contribution < 1.29 is 5.11 Å². The normalized spacial score (nSPS) is 25.8. The maximum absolute atomic E-state index is 10.1. The number of piperidine rings is 1. The number of nitrogens with two attached hydrogens (primary N) is 1. The maximum atomic E-state index is 10.1. The molecule has 0 spiro atoms. The molecule has 2 rings (SSSR count). The molecule has 1 aliphatic heterocycles. The summed E-state index contributed by atoms with van der Waals surface area (Å²) in [7, 11) is 0. The van der Waals surface area contributed by atoms with Gasteiger partial charge in [-0.25, -0.2) is 0 Å². The van der Waals surface area contributed by atoms with Crippen LogP contribution in [0.15, 0.2) is 18.2 Å². The molecular weight excluding hydrogens is 200 g/mol. The molecule has 0 saturated carbocycles. The lowest BCUT2D eigenvalue weighted by Gasteiger charge is -2.38. The smallest absolute Gasteiger partial charge is 0.0794 e. The van der Waals surface area contributed by atoms with Gasteiger partial charge in [0.15, 0.2) is 0 Å². The number of nitrogen functional groups attached to an aromatic ring is 1. The summed E-state index contributed by atoms with van der Waals surface area (Å²) in [5.74, 6) is 0. The lowest BCUT2D eigenvalue weighted by atomic mass is 9.94. The van der Waals surface area contributed by atoms with Crippen LogP contribution in [0.1, 0.15) is 25.3 Å². The topological polar surface area (TPSA) is 49.5 Å². The Bertz CT molecular complexity index is 388. The van der Waals surface area contributed by atoms with E-state index in [1.54, 1.807) is 0 Å². The van der Waals surface area contributed by atoms with Crippen LogP contribution in [-0.2, 0) is 0 Å². The summed E-state index contributed by atoms with van der Waals surface area (Å²) in [5.41, 5.74) is 8.33. The molecule has 16 heavy (non-hydrogen) atoms. The van der Waals surface area contributed by atoms with E-state index in [2.05, 4.69) is 11.0 Å². The summed E-state index contributed by atoms with van der Waals surface area (Å²) < 4.78 is 0. The average molecular weight is 220 g/mol. The van der Waals surface area contributed by atoms with Crippen molar-refractivity contribution in [1.82, 2.24) is 0 Å². The zero-order valence-electron chi connectivity index (χ0n) is 10.0. The van der Waals surface area contributed by atoms with Gasteiger partial charge in [-0.2, -0.15) is 0 Å². The van der Waals surface area contributed by atoms with Crippen molar-refractivity contribution in [2.24, 2.45) is 0 Å². The van der Waals surface area contributed by atoms with E-state index in [9.17, 15) is 5.11 Å². The van der Waals surface area contributed by atoms with Crippen LogP contribution in [0.5, 0.6) is 0 Å². The van der Waals surface area contributed by atoms with E-state index in [4.69, 9.17) is 5.73 Å². The first-order valence-electron chi connectivity index (χ1n) is 5.81. The van der Waals surface area contributed by atoms with E-state index >= 15 is 0 Å². The number of hydrogen-bond donors (Lipinski definition) is 2. The Balaban J connectivity index is 2.20. The zero-order valence-corrected chi connectivity index (χ0v) is 10.0. The molecule has 1 aromatic carbocycles. The van der Waals surface area contributed by atoms with Gasteiger partial charge in [-0.05, 0) is 50.5 Å². The first-order chi connectivity index (χ1) is 7.48. The molecule has 3 nitrogen and oxygen atoms in total. The number of aliphatic hydroxyl groups is 1. The van der Waals surface area contributed by atoms with E-state index in [1.807, 2.05) is 26.0 Å². The third-order valence-corrected chi connectivity index (χ3v) is 3.29. The highest BCUT2D eigenvalue weighted by Gasteiger charge is 2.28. The number of nitrogens with zero attached hydrogens (tertiary/aromatic N) is 1. The quantitative estimate of drug-likeness (QED) is 0.711. The van der Waals surface area contributed by atoms with E-state index < -0.39 is 5.60 Å². The van der Waals surface area contributed by atoms with Crippen molar-refractivity contribution in [3.63, 3.8) is 0 Å². The summed E-state index contributed by atoms with van der Waals surface area (Å²) in [6.45, 7) is 5.64. The maximum Gasteiger partial charge on any atom is 0.0794 e. The van der Waals surface area contributed by atoms with Crippen LogP contribution in [0.4, 0.5) is 11.4 Å². The van der Waals surface area contributed by atoms with Crippen molar-refractivity contribution in [2.75, 3.05) is 23.7 Å². The predicted octanol–water partition coefficient (Wildman–Crippen LogP) is 1.93. The number of aryl methyl sites for hydroxylation is 1. The molecule has 1 atom stereocenters. The van der Waals surface area contributed by atoms with Gasteiger partial charge in [0.2, 0.25) is 0 Å². The third kappa shape index (κ3) is 2.30. The second-order valence-electron chi connectivity index (χ2n) is 5.06. The largest absolute Gasteiger partial charge is 0.399 e. The molecule has 1 heterocycles. The molecular formula is C13H20N2O. The third-order valence-electron chi connectivity index (χ3n) is 3.29. The Labute approximate surface area is 96.9 Å². The Morgan fingerprint density at radius 1 is 1.44 bits per heavy atom. The standard InChI is InChI=1S/C13H20N2O/c1-10-8-11(4-5-12(10)14)15-7-3-6-13(2,16)9-15/h4-5,8,16H,3,6-7,9,14H2,1-2H3. The molecule has 3 N–H and O–H groups in total. The Morgan fingerprint density at radius 3 is 2.81 bits per heavy atom.